The van der Waals surface area contributed by atoms with Crippen LogP contribution in [0.4, 0.5) is 0 Å². The Balaban J connectivity index is 1.50. The lowest BCUT2D eigenvalue weighted by Gasteiger charge is -2.39. The summed E-state index contributed by atoms with van der Waals surface area (Å²) in [6.07, 6.45) is 11.3. The summed E-state index contributed by atoms with van der Waals surface area (Å²) in [6, 6.07) is 1.38. The first kappa shape index (κ1) is 12.9. The molecule has 104 valence electrons. The molecule has 3 unspecified atom stereocenters. The van der Waals surface area contributed by atoms with Gasteiger partial charge in [-0.15, -0.1) is 0 Å². The summed E-state index contributed by atoms with van der Waals surface area (Å²) >= 11 is 0. The maximum atomic E-state index is 10.2. The molecule has 3 nitrogen and oxygen atoms in total. The molecule has 3 heteroatoms. The summed E-state index contributed by atoms with van der Waals surface area (Å²) in [5, 5.41) is 17.6. The molecule has 0 radical (unpaired) electrons. The van der Waals surface area contributed by atoms with Gasteiger partial charge in [0, 0.05) is 18.6 Å². The zero-order chi connectivity index (χ0) is 12.4. The second-order valence-electron chi connectivity index (χ2n) is 6.72. The van der Waals surface area contributed by atoms with Crippen molar-refractivity contribution in [3.05, 3.63) is 0 Å². The van der Waals surface area contributed by atoms with Crippen LogP contribution >= 0.6 is 0 Å². The van der Waals surface area contributed by atoms with Crippen molar-refractivity contribution in [2.75, 3.05) is 13.1 Å². The number of piperidine rings is 1. The Morgan fingerprint density at radius 2 is 1.94 bits per heavy atom. The van der Waals surface area contributed by atoms with E-state index in [0.717, 1.165) is 31.3 Å². The van der Waals surface area contributed by atoms with E-state index in [1.165, 1.54) is 51.5 Å². The van der Waals surface area contributed by atoms with E-state index in [2.05, 4.69) is 10.6 Å². The standard InChI is InChI=1S/C15H28N2O/c18-15(8-4-9-15)11-17-14-7-3-5-12(14)13-6-1-2-10-16-13/h12-14,16-18H,1-11H2. The Bertz CT molecular complexity index is 272. The predicted octanol–water partition coefficient (Wildman–Crippen LogP) is 1.80. The van der Waals surface area contributed by atoms with Crippen LogP contribution in [0.1, 0.15) is 57.8 Å². The monoisotopic (exact) mass is 252 g/mol. The van der Waals surface area contributed by atoms with E-state index in [4.69, 9.17) is 0 Å². The zero-order valence-electron chi connectivity index (χ0n) is 11.5. The van der Waals surface area contributed by atoms with Gasteiger partial charge < -0.3 is 15.7 Å². The van der Waals surface area contributed by atoms with Gasteiger partial charge in [-0.2, -0.15) is 0 Å². The van der Waals surface area contributed by atoms with Gasteiger partial charge in [0.1, 0.15) is 0 Å². The number of rotatable bonds is 4. The van der Waals surface area contributed by atoms with Crippen LogP contribution in [0.2, 0.25) is 0 Å². The average molecular weight is 252 g/mol. The molecule has 0 amide bonds. The fourth-order valence-corrected chi connectivity index (χ4v) is 4.05. The summed E-state index contributed by atoms with van der Waals surface area (Å²) in [5.41, 5.74) is -0.368. The molecule has 3 N–H and O–H groups in total. The Labute approximate surface area is 111 Å². The predicted molar refractivity (Wildman–Crippen MR) is 73.6 cm³/mol. The number of hydrogen-bond donors (Lipinski definition) is 3. The molecule has 2 aliphatic carbocycles. The quantitative estimate of drug-likeness (QED) is 0.715. The van der Waals surface area contributed by atoms with Crippen molar-refractivity contribution in [2.45, 2.75) is 75.5 Å². The molecular formula is C15H28N2O. The zero-order valence-corrected chi connectivity index (χ0v) is 11.5. The van der Waals surface area contributed by atoms with Crippen molar-refractivity contribution in [3.8, 4) is 0 Å². The van der Waals surface area contributed by atoms with Crippen LogP contribution in [0.15, 0.2) is 0 Å². The summed E-state index contributed by atoms with van der Waals surface area (Å²) in [5.74, 6) is 0.800. The largest absolute Gasteiger partial charge is 0.389 e. The van der Waals surface area contributed by atoms with Gasteiger partial charge in [0.15, 0.2) is 0 Å². The van der Waals surface area contributed by atoms with E-state index in [1.54, 1.807) is 0 Å². The second kappa shape index (κ2) is 5.48. The van der Waals surface area contributed by atoms with Crippen LogP contribution in [-0.4, -0.2) is 35.9 Å². The lowest BCUT2D eigenvalue weighted by molar-refractivity contribution is -0.0344. The molecule has 0 aromatic rings. The normalized spacial score (nSPS) is 39.5. The third-order valence-electron chi connectivity index (χ3n) is 5.41. The number of hydrogen-bond acceptors (Lipinski definition) is 3. The Hall–Kier alpha value is -0.120. The maximum absolute atomic E-state index is 10.2. The minimum Gasteiger partial charge on any atom is -0.389 e. The minimum atomic E-state index is -0.368. The first-order valence-electron chi connectivity index (χ1n) is 7.96. The van der Waals surface area contributed by atoms with Gasteiger partial charge in [-0.25, -0.2) is 0 Å². The molecule has 1 aliphatic heterocycles. The highest BCUT2D eigenvalue weighted by atomic mass is 16.3. The summed E-state index contributed by atoms with van der Waals surface area (Å²) in [6.45, 7) is 2.03. The van der Waals surface area contributed by atoms with E-state index in [1.807, 2.05) is 0 Å². The average Bonchev–Trinajstić information content (AvgIpc) is 2.83. The fourth-order valence-electron chi connectivity index (χ4n) is 4.05. The molecule has 18 heavy (non-hydrogen) atoms. The molecule has 0 spiro atoms. The molecule has 2 saturated carbocycles. The van der Waals surface area contributed by atoms with E-state index in [0.29, 0.717) is 6.04 Å². The van der Waals surface area contributed by atoms with Gasteiger partial charge in [0.25, 0.3) is 0 Å². The lowest BCUT2D eigenvalue weighted by atomic mass is 9.80. The first-order chi connectivity index (χ1) is 8.77. The van der Waals surface area contributed by atoms with Crippen LogP contribution in [-0.2, 0) is 0 Å². The second-order valence-corrected chi connectivity index (χ2v) is 6.72. The Kier molecular flexibility index (Phi) is 3.92. The van der Waals surface area contributed by atoms with Gasteiger partial charge in [0.05, 0.1) is 5.60 Å². The van der Waals surface area contributed by atoms with Gasteiger partial charge >= 0.3 is 0 Å². The van der Waals surface area contributed by atoms with E-state index < -0.39 is 0 Å². The van der Waals surface area contributed by atoms with Crippen molar-refractivity contribution in [3.63, 3.8) is 0 Å². The Morgan fingerprint density at radius 1 is 1.06 bits per heavy atom. The summed E-state index contributed by atoms with van der Waals surface area (Å²) < 4.78 is 0. The molecule has 3 aliphatic rings. The summed E-state index contributed by atoms with van der Waals surface area (Å²) in [4.78, 5) is 0. The third-order valence-corrected chi connectivity index (χ3v) is 5.41. The maximum Gasteiger partial charge on any atom is 0.0771 e. The van der Waals surface area contributed by atoms with Crippen molar-refractivity contribution in [1.82, 2.24) is 10.6 Å². The van der Waals surface area contributed by atoms with Crippen LogP contribution in [0.3, 0.4) is 0 Å². The number of nitrogens with one attached hydrogen (secondary N) is 2. The highest BCUT2D eigenvalue weighted by Crippen LogP contribution is 2.34. The van der Waals surface area contributed by atoms with E-state index >= 15 is 0 Å². The van der Waals surface area contributed by atoms with Crippen molar-refractivity contribution in [1.29, 1.82) is 0 Å². The Morgan fingerprint density at radius 3 is 2.61 bits per heavy atom. The minimum absolute atomic E-state index is 0.368. The third kappa shape index (κ3) is 2.73. The van der Waals surface area contributed by atoms with Gasteiger partial charge in [-0.3, -0.25) is 0 Å². The van der Waals surface area contributed by atoms with Crippen LogP contribution in [0, 0.1) is 5.92 Å². The number of aliphatic hydroxyl groups is 1. The SMILES string of the molecule is OC1(CNC2CCCC2C2CCCCN2)CCC1. The van der Waals surface area contributed by atoms with Gasteiger partial charge in [0.2, 0.25) is 0 Å². The molecule has 3 atom stereocenters. The van der Waals surface area contributed by atoms with Gasteiger partial charge in [-0.1, -0.05) is 12.8 Å². The fraction of sp³-hybridized carbons (Fsp3) is 1.00. The van der Waals surface area contributed by atoms with Crippen LogP contribution in [0.25, 0.3) is 0 Å². The molecule has 1 saturated heterocycles. The van der Waals surface area contributed by atoms with Gasteiger partial charge in [-0.05, 0) is 57.4 Å². The molecule has 3 rings (SSSR count). The lowest BCUT2D eigenvalue weighted by Crippen LogP contribution is -2.52. The molecule has 0 aromatic heterocycles. The molecular weight excluding hydrogens is 224 g/mol. The summed E-state index contributed by atoms with van der Waals surface area (Å²) in [7, 11) is 0. The highest BCUT2D eigenvalue weighted by Gasteiger charge is 2.38. The highest BCUT2D eigenvalue weighted by molar-refractivity contribution is 4.96. The van der Waals surface area contributed by atoms with Crippen LogP contribution in [0.5, 0.6) is 0 Å². The first-order valence-corrected chi connectivity index (χ1v) is 7.96. The van der Waals surface area contributed by atoms with Crippen molar-refractivity contribution < 1.29 is 5.11 Å². The van der Waals surface area contributed by atoms with E-state index in [9.17, 15) is 5.11 Å². The molecule has 1 heterocycles. The van der Waals surface area contributed by atoms with Crippen LogP contribution < -0.4 is 10.6 Å². The van der Waals surface area contributed by atoms with E-state index in [-0.39, 0.29) is 5.60 Å². The topological polar surface area (TPSA) is 44.3 Å². The molecule has 0 aromatic carbocycles. The van der Waals surface area contributed by atoms with Crippen molar-refractivity contribution >= 4 is 0 Å². The smallest absolute Gasteiger partial charge is 0.0771 e. The molecule has 3 fully saturated rings. The van der Waals surface area contributed by atoms with Crippen molar-refractivity contribution in [2.24, 2.45) is 5.92 Å². The molecule has 0 bridgehead atoms.